The third kappa shape index (κ3) is 3.17. The number of thioether (sulfide) groups is 1. The van der Waals surface area contributed by atoms with Gasteiger partial charge in [0.15, 0.2) is 0 Å². The van der Waals surface area contributed by atoms with Crippen molar-refractivity contribution >= 4 is 23.4 Å². The van der Waals surface area contributed by atoms with Crippen LogP contribution in [0.1, 0.15) is 18.6 Å². The fourth-order valence-electron chi connectivity index (χ4n) is 1.05. The zero-order chi connectivity index (χ0) is 10.6. The summed E-state index contributed by atoms with van der Waals surface area (Å²) in [5, 5.41) is 18.6. The zero-order valence-corrected chi connectivity index (χ0v) is 9.48. The van der Waals surface area contributed by atoms with E-state index in [1.165, 1.54) is 11.8 Å². The highest BCUT2D eigenvalue weighted by Crippen LogP contribution is 2.29. The van der Waals surface area contributed by atoms with Crippen molar-refractivity contribution < 1.29 is 10.2 Å². The van der Waals surface area contributed by atoms with Crippen molar-refractivity contribution in [2.24, 2.45) is 0 Å². The van der Waals surface area contributed by atoms with Gasteiger partial charge in [-0.15, -0.1) is 11.8 Å². The molecular weight excluding hydrogens is 220 g/mol. The third-order valence-corrected chi connectivity index (χ3v) is 3.27. The van der Waals surface area contributed by atoms with Gasteiger partial charge >= 0.3 is 0 Å². The molecule has 14 heavy (non-hydrogen) atoms. The minimum atomic E-state index is -0.496. The Hall–Kier alpha value is -0.220. The summed E-state index contributed by atoms with van der Waals surface area (Å²) in [7, 11) is 0. The van der Waals surface area contributed by atoms with Crippen molar-refractivity contribution in [3.63, 3.8) is 0 Å². The standard InChI is InChI=1S/C10H13ClO2S/c1-7(13)8-2-3-10(9(11)6-8)14-5-4-12/h2-3,6-7,12-13H,4-5H2,1H3/t7-/m1/s1. The van der Waals surface area contributed by atoms with Crippen LogP contribution in [0.3, 0.4) is 0 Å². The van der Waals surface area contributed by atoms with Crippen LogP contribution in [-0.4, -0.2) is 22.6 Å². The maximum Gasteiger partial charge on any atom is 0.0762 e. The molecule has 0 amide bonds. The zero-order valence-electron chi connectivity index (χ0n) is 7.90. The van der Waals surface area contributed by atoms with Gasteiger partial charge in [0.05, 0.1) is 17.7 Å². The fourth-order valence-corrected chi connectivity index (χ4v) is 2.07. The molecule has 0 aliphatic rings. The van der Waals surface area contributed by atoms with E-state index in [0.29, 0.717) is 10.8 Å². The van der Waals surface area contributed by atoms with Gasteiger partial charge < -0.3 is 10.2 Å². The number of benzene rings is 1. The summed E-state index contributed by atoms with van der Waals surface area (Å²) in [5.41, 5.74) is 0.809. The van der Waals surface area contributed by atoms with Crippen LogP contribution < -0.4 is 0 Å². The van der Waals surface area contributed by atoms with Crippen LogP contribution in [0.2, 0.25) is 5.02 Å². The summed E-state index contributed by atoms with van der Waals surface area (Å²) in [6, 6.07) is 5.47. The highest BCUT2D eigenvalue weighted by Gasteiger charge is 2.05. The minimum absolute atomic E-state index is 0.138. The maximum absolute atomic E-state index is 9.31. The Morgan fingerprint density at radius 2 is 2.21 bits per heavy atom. The van der Waals surface area contributed by atoms with E-state index in [9.17, 15) is 5.11 Å². The molecule has 1 atom stereocenters. The Kier molecular flexibility index (Phi) is 4.75. The van der Waals surface area contributed by atoms with Crippen LogP contribution in [0.25, 0.3) is 0 Å². The van der Waals surface area contributed by atoms with Gasteiger partial charge in [0.2, 0.25) is 0 Å². The lowest BCUT2D eigenvalue weighted by Crippen LogP contribution is -1.92. The first-order valence-electron chi connectivity index (χ1n) is 4.36. The molecule has 2 N–H and O–H groups in total. The topological polar surface area (TPSA) is 40.5 Å². The van der Waals surface area contributed by atoms with E-state index >= 15 is 0 Å². The van der Waals surface area contributed by atoms with Crippen molar-refractivity contribution in [2.75, 3.05) is 12.4 Å². The smallest absolute Gasteiger partial charge is 0.0762 e. The van der Waals surface area contributed by atoms with Gasteiger partial charge in [-0.3, -0.25) is 0 Å². The van der Waals surface area contributed by atoms with Crippen LogP contribution in [-0.2, 0) is 0 Å². The average Bonchev–Trinajstić information content (AvgIpc) is 2.15. The summed E-state index contributed by atoms with van der Waals surface area (Å²) >= 11 is 7.50. The quantitative estimate of drug-likeness (QED) is 0.784. The van der Waals surface area contributed by atoms with Crippen molar-refractivity contribution in [3.05, 3.63) is 28.8 Å². The van der Waals surface area contributed by atoms with Crippen molar-refractivity contribution in [1.29, 1.82) is 0 Å². The Morgan fingerprint density at radius 3 is 2.71 bits per heavy atom. The lowest BCUT2D eigenvalue weighted by Gasteiger charge is -2.08. The van der Waals surface area contributed by atoms with E-state index in [1.54, 1.807) is 13.0 Å². The summed E-state index contributed by atoms with van der Waals surface area (Å²) in [5.74, 6) is 0.633. The number of hydrogen-bond acceptors (Lipinski definition) is 3. The number of aliphatic hydroxyl groups is 2. The van der Waals surface area contributed by atoms with Gasteiger partial charge in [-0.05, 0) is 24.6 Å². The number of hydrogen-bond donors (Lipinski definition) is 2. The fraction of sp³-hybridized carbons (Fsp3) is 0.400. The Balaban J connectivity index is 2.79. The van der Waals surface area contributed by atoms with Crippen LogP contribution in [0, 0.1) is 0 Å². The highest BCUT2D eigenvalue weighted by molar-refractivity contribution is 7.99. The van der Waals surface area contributed by atoms with Gasteiger partial charge in [-0.1, -0.05) is 17.7 Å². The molecule has 0 aliphatic carbocycles. The van der Waals surface area contributed by atoms with Crippen LogP contribution in [0.15, 0.2) is 23.1 Å². The van der Waals surface area contributed by atoms with E-state index in [2.05, 4.69) is 0 Å². The molecule has 0 bridgehead atoms. The van der Waals surface area contributed by atoms with Crippen molar-refractivity contribution in [3.8, 4) is 0 Å². The molecule has 0 radical (unpaired) electrons. The van der Waals surface area contributed by atoms with Gasteiger partial charge in [-0.25, -0.2) is 0 Å². The Morgan fingerprint density at radius 1 is 1.50 bits per heavy atom. The van der Waals surface area contributed by atoms with E-state index in [4.69, 9.17) is 16.7 Å². The predicted molar refractivity (Wildman–Crippen MR) is 59.9 cm³/mol. The monoisotopic (exact) mass is 232 g/mol. The second kappa shape index (κ2) is 5.61. The molecular formula is C10H13ClO2S. The lowest BCUT2D eigenvalue weighted by atomic mass is 10.1. The second-order valence-electron chi connectivity index (χ2n) is 2.94. The molecule has 1 aromatic carbocycles. The van der Waals surface area contributed by atoms with E-state index < -0.39 is 6.10 Å². The molecule has 1 rings (SSSR count). The molecule has 2 nitrogen and oxygen atoms in total. The van der Waals surface area contributed by atoms with E-state index in [1.807, 2.05) is 12.1 Å². The lowest BCUT2D eigenvalue weighted by molar-refractivity contribution is 0.199. The van der Waals surface area contributed by atoms with Crippen molar-refractivity contribution in [1.82, 2.24) is 0 Å². The first-order chi connectivity index (χ1) is 6.65. The molecule has 0 aliphatic heterocycles. The Bertz CT molecular complexity index is 302. The number of rotatable bonds is 4. The van der Waals surface area contributed by atoms with Gasteiger partial charge in [-0.2, -0.15) is 0 Å². The Labute approximate surface area is 92.9 Å². The largest absolute Gasteiger partial charge is 0.396 e. The molecule has 0 spiro atoms. The van der Waals surface area contributed by atoms with Crippen LogP contribution >= 0.6 is 23.4 Å². The van der Waals surface area contributed by atoms with E-state index in [-0.39, 0.29) is 6.61 Å². The molecule has 0 saturated carbocycles. The highest BCUT2D eigenvalue weighted by atomic mass is 35.5. The van der Waals surface area contributed by atoms with E-state index in [0.717, 1.165) is 10.5 Å². The molecule has 0 heterocycles. The second-order valence-corrected chi connectivity index (χ2v) is 4.48. The molecule has 0 saturated heterocycles. The van der Waals surface area contributed by atoms with Gasteiger partial charge in [0, 0.05) is 10.6 Å². The SMILES string of the molecule is C[C@@H](O)c1ccc(SCCO)c(Cl)c1. The average molecular weight is 233 g/mol. The van der Waals surface area contributed by atoms with Crippen LogP contribution in [0.5, 0.6) is 0 Å². The maximum atomic E-state index is 9.31. The molecule has 1 aromatic rings. The van der Waals surface area contributed by atoms with Crippen molar-refractivity contribution in [2.45, 2.75) is 17.9 Å². The summed E-state index contributed by atoms with van der Waals surface area (Å²) in [6.07, 6.45) is -0.496. The molecule has 0 fully saturated rings. The molecule has 0 aromatic heterocycles. The third-order valence-electron chi connectivity index (χ3n) is 1.79. The molecule has 0 unspecified atom stereocenters. The first-order valence-corrected chi connectivity index (χ1v) is 5.72. The van der Waals surface area contributed by atoms with Gasteiger partial charge in [0.1, 0.15) is 0 Å². The molecule has 78 valence electrons. The predicted octanol–water partition coefficient (Wildman–Crippen LogP) is 2.48. The molecule has 4 heteroatoms. The first kappa shape index (κ1) is 11.9. The summed E-state index contributed by atoms with van der Waals surface area (Å²) in [4.78, 5) is 0.935. The summed E-state index contributed by atoms with van der Waals surface area (Å²) < 4.78 is 0. The number of aliphatic hydroxyl groups excluding tert-OH is 2. The minimum Gasteiger partial charge on any atom is -0.396 e. The number of halogens is 1. The normalized spacial score (nSPS) is 12.9. The van der Waals surface area contributed by atoms with Crippen LogP contribution in [0.4, 0.5) is 0 Å². The summed E-state index contributed by atoms with van der Waals surface area (Å²) in [6.45, 7) is 1.84. The van der Waals surface area contributed by atoms with Gasteiger partial charge in [0.25, 0.3) is 0 Å².